The number of Topliss-reactive ketones (excluding diaryl/α,β-unsaturated/α-hetero) is 1. The summed E-state index contributed by atoms with van der Waals surface area (Å²) in [5.41, 5.74) is 8.89. The molecule has 4 nitrogen and oxygen atoms in total. The maximum absolute atomic E-state index is 13.1. The number of halogens is 1. The number of allylic oxidation sites excluding steroid dienone is 3. The molecule has 2 atom stereocenters. The Morgan fingerprint density at radius 2 is 1.74 bits per heavy atom. The van der Waals surface area contributed by atoms with E-state index in [4.69, 9.17) is 10.5 Å². The predicted octanol–water partition coefficient (Wildman–Crippen LogP) is 4.66. The summed E-state index contributed by atoms with van der Waals surface area (Å²) in [5, 5.41) is 9.64. The Hall–Kier alpha value is -2.84. The van der Waals surface area contributed by atoms with Crippen LogP contribution >= 0.6 is 15.9 Å². The van der Waals surface area contributed by atoms with Gasteiger partial charge in [0, 0.05) is 22.9 Å². The molecule has 0 bridgehead atoms. The molecule has 0 saturated heterocycles. The zero-order valence-corrected chi connectivity index (χ0v) is 16.1. The van der Waals surface area contributed by atoms with E-state index in [1.165, 1.54) is 0 Å². The third kappa shape index (κ3) is 3.17. The molecule has 1 aliphatic heterocycles. The first-order valence-corrected chi connectivity index (χ1v) is 9.52. The highest BCUT2D eigenvalue weighted by Crippen LogP contribution is 2.46. The third-order valence-corrected chi connectivity index (χ3v) is 5.66. The number of carbonyl (C=O) groups excluding carboxylic acids is 1. The van der Waals surface area contributed by atoms with Gasteiger partial charge in [-0.15, -0.1) is 0 Å². The summed E-state index contributed by atoms with van der Waals surface area (Å²) in [6.45, 7) is 0. The summed E-state index contributed by atoms with van der Waals surface area (Å²) in [6.07, 6.45) is 0.995. The van der Waals surface area contributed by atoms with Crippen LogP contribution in [0.1, 0.15) is 35.8 Å². The topological polar surface area (TPSA) is 76.1 Å². The summed E-state index contributed by atoms with van der Waals surface area (Å²) in [5.74, 6) is 0.268. The molecule has 1 heterocycles. The molecule has 0 unspecified atom stereocenters. The molecule has 2 aromatic rings. The number of rotatable bonds is 2. The van der Waals surface area contributed by atoms with Gasteiger partial charge in [-0.1, -0.05) is 58.4 Å². The number of nitrogens with two attached hydrogens (primary N) is 1. The maximum Gasteiger partial charge on any atom is 0.205 e. The molecule has 2 N–H and O–H groups in total. The SMILES string of the molecule is N#CC1=C(N)OC2=C(C(=O)C[C@@H](c3ccccc3)C2)[C@H]1c1ccc(Br)cc1. The Labute approximate surface area is 166 Å². The van der Waals surface area contributed by atoms with Crippen LogP contribution in [0, 0.1) is 11.3 Å². The van der Waals surface area contributed by atoms with E-state index in [0.29, 0.717) is 29.7 Å². The molecular formula is C22H17BrN2O2. The molecule has 0 amide bonds. The minimum absolute atomic E-state index is 0.0123. The van der Waals surface area contributed by atoms with Gasteiger partial charge < -0.3 is 10.5 Å². The smallest absolute Gasteiger partial charge is 0.205 e. The van der Waals surface area contributed by atoms with Crippen LogP contribution in [-0.2, 0) is 9.53 Å². The lowest BCUT2D eigenvalue weighted by Gasteiger charge is -2.34. The number of ether oxygens (including phenoxy) is 1. The second-order valence-electron chi connectivity index (χ2n) is 6.75. The van der Waals surface area contributed by atoms with Crippen molar-refractivity contribution < 1.29 is 9.53 Å². The highest BCUT2D eigenvalue weighted by molar-refractivity contribution is 9.10. The number of benzene rings is 2. The Balaban J connectivity index is 1.79. The van der Waals surface area contributed by atoms with Gasteiger partial charge in [0.05, 0.1) is 5.92 Å². The van der Waals surface area contributed by atoms with E-state index >= 15 is 0 Å². The van der Waals surface area contributed by atoms with Crippen molar-refractivity contribution in [3.8, 4) is 6.07 Å². The number of nitriles is 1. The van der Waals surface area contributed by atoms with E-state index in [0.717, 1.165) is 15.6 Å². The van der Waals surface area contributed by atoms with Gasteiger partial charge in [0.2, 0.25) is 5.88 Å². The summed E-state index contributed by atoms with van der Waals surface area (Å²) in [4.78, 5) is 13.1. The van der Waals surface area contributed by atoms with Gasteiger partial charge in [0.1, 0.15) is 17.4 Å². The number of ketones is 1. The van der Waals surface area contributed by atoms with Crippen LogP contribution in [0.15, 0.2) is 81.9 Å². The van der Waals surface area contributed by atoms with Crippen molar-refractivity contribution in [2.75, 3.05) is 0 Å². The molecule has 1 aliphatic carbocycles. The van der Waals surface area contributed by atoms with Gasteiger partial charge in [0.15, 0.2) is 5.78 Å². The molecule has 0 radical (unpaired) electrons. The molecule has 2 aliphatic rings. The fourth-order valence-corrected chi connectivity index (χ4v) is 4.12. The van der Waals surface area contributed by atoms with Crippen molar-refractivity contribution in [3.05, 3.63) is 93.0 Å². The molecule has 27 heavy (non-hydrogen) atoms. The number of nitrogens with zero attached hydrogens (tertiary/aromatic N) is 1. The van der Waals surface area contributed by atoms with Crippen molar-refractivity contribution in [2.45, 2.75) is 24.7 Å². The lowest BCUT2D eigenvalue weighted by molar-refractivity contribution is -0.117. The second-order valence-corrected chi connectivity index (χ2v) is 7.67. The maximum atomic E-state index is 13.1. The largest absolute Gasteiger partial charge is 0.444 e. The minimum Gasteiger partial charge on any atom is -0.444 e. The van der Waals surface area contributed by atoms with Crippen LogP contribution in [0.25, 0.3) is 0 Å². The lowest BCUT2D eigenvalue weighted by atomic mass is 9.74. The molecule has 4 rings (SSSR count). The van der Waals surface area contributed by atoms with E-state index in [1.807, 2.05) is 54.6 Å². The van der Waals surface area contributed by atoms with Crippen molar-refractivity contribution >= 4 is 21.7 Å². The molecule has 2 aromatic carbocycles. The van der Waals surface area contributed by atoms with Crippen LogP contribution in [-0.4, -0.2) is 5.78 Å². The van der Waals surface area contributed by atoms with Crippen molar-refractivity contribution in [3.63, 3.8) is 0 Å². The highest BCUT2D eigenvalue weighted by Gasteiger charge is 2.40. The average Bonchev–Trinajstić information content (AvgIpc) is 2.68. The van der Waals surface area contributed by atoms with Crippen LogP contribution < -0.4 is 5.73 Å². The molecule has 0 fully saturated rings. The molecule has 0 spiro atoms. The summed E-state index contributed by atoms with van der Waals surface area (Å²) >= 11 is 3.42. The Morgan fingerprint density at radius 3 is 2.41 bits per heavy atom. The van der Waals surface area contributed by atoms with E-state index in [-0.39, 0.29) is 17.6 Å². The van der Waals surface area contributed by atoms with E-state index < -0.39 is 5.92 Å². The van der Waals surface area contributed by atoms with Gasteiger partial charge in [-0.2, -0.15) is 5.26 Å². The highest BCUT2D eigenvalue weighted by atomic mass is 79.9. The minimum atomic E-state index is -0.476. The second kappa shape index (κ2) is 7.05. The van der Waals surface area contributed by atoms with Crippen LogP contribution in [0.4, 0.5) is 0 Å². The van der Waals surface area contributed by atoms with Gasteiger partial charge >= 0.3 is 0 Å². The van der Waals surface area contributed by atoms with E-state index in [9.17, 15) is 10.1 Å². The quantitative estimate of drug-likeness (QED) is 0.766. The molecule has 0 aromatic heterocycles. The standard InChI is InChI=1S/C22H17BrN2O2/c23-16-8-6-14(7-9-16)20-17(12-24)22(25)27-19-11-15(10-18(26)21(19)20)13-4-2-1-3-5-13/h1-9,15,20H,10-11,25H2/t15-,20+/m1/s1. The van der Waals surface area contributed by atoms with Gasteiger partial charge in [0.25, 0.3) is 0 Å². The summed E-state index contributed by atoms with van der Waals surface area (Å²) in [7, 11) is 0. The summed E-state index contributed by atoms with van der Waals surface area (Å²) < 4.78 is 6.71. The monoisotopic (exact) mass is 420 g/mol. The van der Waals surface area contributed by atoms with Crippen molar-refractivity contribution in [1.82, 2.24) is 0 Å². The first-order valence-electron chi connectivity index (χ1n) is 8.72. The summed E-state index contributed by atoms with van der Waals surface area (Å²) in [6, 6.07) is 19.7. The first kappa shape index (κ1) is 17.6. The fraction of sp³-hybridized carbons (Fsp3) is 0.182. The average molecular weight is 421 g/mol. The lowest BCUT2D eigenvalue weighted by Crippen LogP contribution is -2.29. The first-order chi connectivity index (χ1) is 13.1. The third-order valence-electron chi connectivity index (χ3n) is 5.14. The number of carbonyl (C=O) groups is 1. The number of hydrogen-bond donors (Lipinski definition) is 1. The van der Waals surface area contributed by atoms with Crippen molar-refractivity contribution in [1.29, 1.82) is 5.26 Å². The molecular weight excluding hydrogens is 404 g/mol. The Morgan fingerprint density at radius 1 is 1.04 bits per heavy atom. The molecule has 5 heteroatoms. The van der Waals surface area contributed by atoms with Crippen molar-refractivity contribution in [2.24, 2.45) is 5.73 Å². The Kier molecular flexibility index (Phi) is 4.59. The fourth-order valence-electron chi connectivity index (χ4n) is 3.86. The van der Waals surface area contributed by atoms with Crippen LogP contribution in [0.5, 0.6) is 0 Å². The Bertz CT molecular complexity index is 1000. The van der Waals surface area contributed by atoms with Gasteiger partial charge in [-0.25, -0.2) is 0 Å². The van der Waals surface area contributed by atoms with Crippen LogP contribution in [0.2, 0.25) is 0 Å². The molecule has 0 saturated carbocycles. The zero-order valence-electron chi connectivity index (χ0n) is 14.5. The van der Waals surface area contributed by atoms with E-state index in [1.54, 1.807) is 0 Å². The number of hydrogen-bond acceptors (Lipinski definition) is 4. The molecule has 134 valence electrons. The predicted molar refractivity (Wildman–Crippen MR) is 105 cm³/mol. The van der Waals surface area contributed by atoms with E-state index in [2.05, 4.69) is 22.0 Å². The van der Waals surface area contributed by atoms with Crippen LogP contribution in [0.3, 0.4) is 0 Å². The normalized spacial score (nSPS) is 22.1. The van der Waals surface area contributed by atoms with Gasteiger partial charge in [-0.3, -0.25) is 4.79 Å². The zero-order chi connectivity index (χ0) is 19.0. The van der Waals surface area contributed by atoms with Gasteiger partial charge in [-0.05, 0) is 29.2 Å².